The summed E-state index contributed by atoms with van der Waals surface area (Å²) in [5.41, 5.74) is 3.38. The molecule has 184 valence electrons. The van der Waals surface area contributed by atoms with E-state index in [2.05, 4.69) is 34.9 Å². The monoisotopic (exact) mass is 478 g/mol. The lowest BCUT2D eigenvalue weighted by atomic mass is 9.89. The molecule has 35 heavy (non-hydrogen) atoms. The first kappa shape index (κ1) is 23.4. The van der Waals surface area contributed by atoms with Gasteiger partial charge < -0.3 is 25.2 Å². The van der Waals surface area contributed by atoms with E-state index < -0.39 is 17.6 Å². The van der Waals surface area contributed by atoms with E-state index >= 15 is 0 Å². The van der Waals surface area contributed by atoms with E-state index in [9.17, 15) is 19.5 Å². The quantitative estimate of drug-likeness (QED) is 0.586. The molecule has 5 rings (SSSR count). The van der Waals surface area contributed by atoms with E-state index in [4.69, 9.17) is 9.47 Å². The Bertz CT molecular complexity index is 1080. The zero-order valence-electron chi connectivity index (χ0n) is 19.5. The van der Waals surface area contributed by atoms with Crippen molar-refractivity contribution in [3.05, 3.63) is 59.7 Å². The van der Waals surface area contributed by atoms with Gasteiger partial charge >= 0.3 is 12.1 Å². The highest BCUT2D eigenvalue weighted by Gasteiger charge is 2.43. The molecule has 2 aromatic carbocycles. The predicted octanol–water partition coefficient (Wildman–Crippen LogP) is 3.44. The lowest BCUT2D eigenvalue weighted by Gasteiger charge is -2.34. The minimum absolute atomic E-state index is 0.0121. The van der Waals surface area contributed by atoms with Gasteiger partial charge in [0.1, 0.15) is 12.1 Å². The fourth-order valence-corrected chi connectivity index (χ4v) is 5.61. The molecular weight excluding hydrogens is 448 g/mol. The standard InChI is InChI=1S/C27H30N2O6/c30-24(29-27(25(31)32)11-13-34-14-12-27)17-9-10-18(15-17)28-26(33)35-16-23-21-7-3-1-5-19(21)20-6-2-4-8-22(20)23/h1-8,17-18,23H,9-16H2,(H,28,33)(H,29,30)(H,31,32)/t17-,18+/m1/s1. The van der Waals surface area contributed by atoms with Crippen molar-refractivity contribution in [2.45, 2.75) is 49.6 Å². The average Bonchev–Trinajstić information content (AvgIpc) is 3.46. The Morgan fingerprint density at radius 2 is 1.60 bits per heavy atom. The largest absolute Gasteiger partial charge is 0.480 e. The SMILES string of the molecule is O=C(N[C@H]1CC[C@@H](C(=O)NC2(C(=O)O)CCOCC2)C1)OCC1c2ccccc2-c2ccccc21. The molecule has 1 saturated carbocycles. The Morgan fingerprint density at radius 1 is 0.971 bits per heavy atom. The second-order valence-corrected chi connectivity index (χ2v) is 9.67. The van der Waals surface area contributed by atoms with Crippen LogP contribution in [0.1, 0.15) is 49.1 Å². The zero-order chi connectivity index (χ0) is 24.4. The molecule has 2 atom stereocenters. The van der Waals surface area contributed by atoms with Crippen molar-refractivity contribution in [1.29, 1.82) is 0 Å². The van der Waals surface area contributed by atoms with Crippen LogP contribution in [0.4, 0.5) is 4.79 Å². The lowest BCUT2D eigenvalue weighted by molar-refractivity contribution is -0.152. The number of carbonyl (C=O) groups excluding carboxylic acids is 2. The predicted molar refractivity (Wildman–Crippen MR) is 128 cm³/mol. The molecule has 8 heteroatoms. The molecule has 3 aliphatic rings. The average molecular weight is 479 g/mol. The van der Waals surface area contributed by atoms with Gasteiger partial charge in [-0.25, -0.2) is 9.59 Å². The number of fused-ring (bicyclic) bond motifs is 3. The molecule has 0 bridgehead atoms. The number of amides is 2. The summed E-state index contributed by atoms with van der Waals surface area (Å²) in [6.07, 6.45) is 1.70. The molecule has 0 spiro atoms. The van der Waals surface area contributed by atoms with Crippen LogP contribution in [0.3, 0.4) is 0 Å². The third-order valence-corrected chi connectivity index (χ3v) is 7.59. The highest BCUT2D eigenvalue weighted by molar-refractivity contribution is 5.88. The van der Waals surface area contributed by atoms with Crippen LogP contribution < -0.4 is 10.6 Å². The van der Waals surface area contributed by atoms with Crippen LogP contribution in [0, 0.1) is 5.92 Å². The number of alkyl carbamates (subject to hydrolysis) is 1. The van der Waals surface area contributed by atoms with Crippen molar-refractivity contribution >= 4 is 18.0 Å². The molecule has 1 heterocycles. The highest BCUT2D eigenvalue weighted by atomic mass is 16.5. The molecule has 0 radical (unpaired) electrons. The van der Waals surface area contributed by atoms with Crippen LogP contribution in [0.2, 0.25) is 0 Å². The third-order valence-electron chi connectivity index (χ3n) is 7.59. The second kappa shape index (κ2) is 9.70. The van der Waals surface area contributed by atoms with E-state index in [0.717, 1.165) is 11.1 Å². The Hall–Kier alpha value is -3.39. The molecule has 1 aliphatic heterocycles. The van der Waals surface area contributed by atoms with Gasteiger partial charge in [-0.3, -0.25) is 4.79 Å². The molecular formula is C27H30N2O6. The number of aliphatic carboxylic acids is 1. The van der Waals surface area contributed by atoms with E-state index in [1.54, 1.807) is 0 Å². The molecule has 1 saturated heterocycles. The summed E-state index contributed by atoms with van der Waals surface area (Å²) in [4.78, 5) is 37.2. The second-order valence-electron chi connectivity index (χ2n) is 9.67. The number of hydrogen-bond acceptors (Lipinski definition) is 5. The first-order chi connectivity index (χ1) is 17.0. The van der Waals surface area contributed by atoms with Crippen molar-refractivity contribution in [3.63, 3.8) is 0 Å². The smallest absolute Gasteiger partial charge is 0.407 e. The van der Waals surface area contributed by atoms with Crippen molar-refractivity contribution in [2.75, 3.05) is 19.8 Å². The number of carboxylic acids is 1. The Labute approximate surface area is 204 Å². The van der Waals surface area contributed by atoms with Crippen LogP contribution >= 0.6 is 0 Å². The molecule has 2 amide bonds. The van der Waals surface area contributed by atoms with Crippen LogP contribution in [0.5, 0.6) is 0 Å². The number of carbonyl (C=O) groups is 3. The Balaban J connectivity index is 1.14. The maximum atomic E-state index is 12.8. The summed E-state index contributed by atoms with van der Waals surface area (Å²) in [7, 11) is 0. The van der Waals surface area contributed by atoms with E-state index in [1.165, 1.54) is 11.1 Å². The number of nitrogens with one attached hydrogen (secondary N) is 2. The van der Waals surface area contributed by atoms with Crippen LogP contribution in [0.15, 0.2) is 48.5 Å². The van der Waals surface area contributed by atoms with Crippen molar-refractivity contribution < 1.29 is 29.0 Å². The summed E-state index contributed by atoms with van der Waals surface area (Å²) in [6.45, 7) is 0.853. The molecule has 8 nitrogen and oxygen atoms in total. The van der Waals surface area contributed by atoms with Gasteiger partial charge in [0.25, 0.3) is 0 Å². The summed E-state index contributed by atoms with van der Waals surface area (Å²) in [6, 6.07) is 16.2. The van der Waals surface area contributed by atoms with E-state index in [0.29, 0.717) is 32.5 Å². The molecule has 3 N–H and O–H groups in total. The number of benzene rings is 2. The summed E-state index contributed by atoms with van der Waals surface area (Å²) in [5, 5.41) is 15.3. The van der Waals surface area contributed by atoms with Gasteiger partial charge in [0, 0.05) is 43.9 Å². The summed E-state index contributed by atoms with van der Waals surface area (Å²) < 4.78 is 10.9. The first-order valence-corrected chi connectivity index (χ1v) is 12.2. The van der Waals surface area contributed by atoms with Gasteiger partial charge in [-0.1, -0.05) is 48.5 Å². The summed E-state index contributed by atoms with van der Waals surface area (Å²) in [5.74, 6) is -1.65. The Kier molecular flexibility index (Phi) is 6.47. The van der Waals surface area contributed by atoms with Gasteiger partial charge in [0.15, 0.2) is 0 Å². The number of carboxylic acid groups (broad SMARTS) is 1. The van der Waals surface area contributed by atoms with E-state index in [-0.39, 0.29) is 43.2 Å². The first-order valence-electron chi connectivity index (χ1n) is 12.2. The van der Waals surface area contributed by atoms with Crippen molar-refractivity contribution in [2.24, 2.45) is 5.92 Å². The van der Waals surface area contributed by atoms with E-state index in [1.807, 2.05) is 24.3 Å². The third kappa shape index (κ3) is 4.62. The lowest BCUT2D eigenvalue weighted by Crippen LogP contribution is -2.58. The maximum absolute atomic E-state index is 12.8. The summed E-state index contributed by atoms with van der Waals surface area (Å²) >= 11 is 0. The van der Waals surface area contributed by atoms with Crippen molar-refractivity contribution in [1.82, 2.24) is 10.6 Å². The number of hydrogen-bond donors (Lipinski definition) is 3. The topological polar surface area (TPSA) is 114 Å². The van der Waals surface area contributed by atoms with Crippen LogP contribution in [0.25, 0.3) is 11.1 Å². The molecule has 2 fully saturated rings. The molecule has 2 aliphatic carbocycles. The van der Waals surface area contributed by atoms with Gasteiger partial charge in [-0.05, 0) is 41.5 Å². The number of rotatable bonds is 6. The minimum atomic E-state index is -1.27. The van der Waals surface area contributed by atoms with Gasteiger partial charge in [0.2, 0.25) is 5.91 Å². The highest BCUT2D eigenvalue weighted by Crippen LogP contribution is 2.44. The van der Waals surface area contributed by atoms with Crippen LogP contribution in [-0.2, 0) is 19.1 Å². The van der Waals surface area contributed by atoms with Crippen LogP contribution in [-0.4, -0.2) is 54.5 Å². The molecule has 0 aromatic heterocycles. The fourth-order valence-electron chi connectivity index (χ4n) is 5.61. The zero-order valence-corrected chi connectivity index (χ0v) is 19.5. The van der Waals surface area contributed by atoms with Gasteiger partial charge in [0.05, 0.1) is 0 Å². The van der Waals surface area contributed by atoms with Crippen molar-refractivity contribution in [3.8, 4) is 11.1 Å². The molecule has 2 aromatic rings. The maximum Gasteiger partial charge on any atom is 0.407 e. The fraction of sp³-hybridized carbons (Fsp3) is 0.444. The van der Waals surface area contributed by atoms with Gasteiger partial charge in [-0.2, -0.15) is 0 Å². The normalized spacial score (nSPS) is 22.6. The molecule has 0 unspecified atom stereocenters. The number of ether oxygens (including phenoxy) is 2. The Morgan fingerprint density at radius 3 is 2.23 bits per heavy atom. The van der Waals surface area contributed by atoms with Gasteiger partial charge in [-0.15, -0.1) is 0 Å². The minimum Gasteiger partial charge on any atom is -0.480 e.